The highest BCUT2D eigenvalue weighted by Gasteiger charge is 2.24. The van der Waals surface area contributed by atoms with Crippen molar-refractivity contribution < 1.29 is 14.0 Å². The van der Waals surface area contributed by atoms with Crippen LogP contribution in [0, 0.1) is 0 Å². The summed E-state index contributed by atoms with van der Waals surface area (Å²) in [7, 11) is 0. The molecule has 2 aromatic heterocycles. The van der Waals surface area contributed by atoms with Gasteiger partial charge < -0.3 is 24.9 Å². The molecule has 8 heteroatoms. The Morgan fingerprint density at radius 1 is 1.19 bits per heavy atom. The first-order chi connectivity index (χ1) is 12.6. The zero-order chi connectivity index (χ0) is 18.4. The van der Waals surface area contributed by atoms with Crippen molar-refractivity contribution in [2.24, 2.45) is 0 Å². The van der Waals surface area contributed by atoms with Crippen molar-refractivity contribution in [3.05, 3.63) is 48.6 Å². The molecule has 0 spiro atoms. The van der Waals surface area contributed by atoms with Gasteiger partial charge in [-0.05, 0) is 31.2 Å². The maximum Gasteiger partial charge on any atom is 0.318 e. The van der Waals surface area contributed by atoms with Gasteiger partial charge in [-0.25, -0.2) is 9.78 Å². The number of nitrogens with one attached hydrogen (secondary N) is 2. The van der Waals surface area contributed by atoms with Crippen LogP contribution in [0.5, 0.6) is 0 Å². The van der Waals surface area contributed by atoms with Crippen LogP contribution in [0.25, 0.3) is 0 Å². The van der Waals surface area contributed by atoms with Gasteiger partial charge in [0.1, 0.15) is 17.6 Å². The Balaban J connectivity index is 1.42. The number of piperazine rings is 1. The third kappa shape index (κ3) is 4.53. The fourth-order valence-electron chi connectivity index (χ4n) is 2.76. The largest absolute Gasteiger partial charge is 0.467 e. The Kier molecular flexibility index (Phi) is 5.73. The predicted molar refractivity (Wildman–Crippen MR) is 96.6 cm³/mol. The van der Waals surface area contributed by atoms with Gasteiger partial charge in [0.05, 0.1) is 12.8 Å². The van der Waals surface area contributed by atoms with Gasteiger partial charge in [-0.15, -0.1) is 0 Å². The lowest BCUT2D eigenvalue weighted by Gasteiger charge is -2.35. The molecule has 1 aliphatic rings. The van der Waals surface area contributed by atoms with E-state index in [0.29, 0.717) is 38.5 Å². The summed E-state index contributed by atoms with van der Waals surface area (Å²) < 4.78 is 5.17. The number of carbonyl (C=O) groups is 2. The van der Waals surface area contributed by atoms with Gasteiger partial charge in [0.25, 0.3) is 0 Å². The molecule has 26 heavy (non-hydrogen) atoms. The minimum atomic E-state index is -0.619. The van der Waals surface area contributed by atoms with E-state index in [-0.39, 0.29) is 11.9 Å². The van der Waals surface area contributed by atoms with Gasteiger partial charge in [-0.1, -0.05) is 6.07 Å². The number of urea groups is 1. The van der Waals surface area contributed by atoms with E-state index in [1.54, 1.807) is 36.4 Å². The number of aromatic nitrogens is 1. The van der Waals surface area contributed by atoms with Crippen molar-refractivity contribution in [2.75, 3.05) is 31.1 Å². The molecular formula is C18H23N5O3. The van der Waals surface area contributed by atoms with E-state index in [9.17, 15) is 9.59 Å². The Morgan fingerprint density at radius 3 is 2.65 bits per heavy atom. The van der Waals surface area contributed by atoms with Crippen molar-refractivity contribution in [3.8, 4) is 0 Å². The van der Waals surface area contributed by atoms with Gasteiger partial charge in [-0.3, -0.25) is 4.79 Å². The van der Waals surface area contributed by atoms with Crippen LogP contribution in [0.1, 0.15) is 12.7 Å². The molecule has 1 aliphatic heterocycles. The Bertz CT molecular complexity index is 712. The fraction of sp³-hybridized carbons (Fsp3) is 0.389. The highest BCUT2D eigenvalue weighted by molar-refractivity contribution is 5.86. The second-order valence-electron chi connectivity index (χ2n) is 6.13. The molecule has 0 unspecified atom stereocenters. The van der Waals surface area contributed by atoms with Crippen molar-refractivity contribution in [2.45, 2.75) is 19.5 Å². The lowest BCUT2D eigenvalue weighted by atomic mass is 10.3. The van der Waals surface area contributed by atoms with E-state index in [1.165, 1.54) is 0 Å². The molecule has 0 radical (unpaired) electrons. The Labute approximate surface area is 152 Å². The standard InChI is InChI=1S/C18H23N5O3/c1-14(17(24)20-13-15-5-4-12-26-15)21-18(25)23-10-8-22(9-11-23)16-6-2-3-7-19-16/h2-7,12,14H,8-11,13H2,1H3,(H,20,24)(H,21,25)/t14-/m1/s1. The molecule has 8 nitrogen and oxygen atoms in total. The molecule has 1 fully saturated rings. The smallest absolute Gasteiger partial charge is 0.318 e. The number of amides is 3. The van der Waals surface area contributed by atoms with Gasteiger partial charge in [0.15, 0.2) is 0 Å². The summed E-state index contributed by atoms with van der Waals surface area (Å²) >= 11 is 0. The number of rotatable bonds is 5. The highest BCUT2D eigenvalue weighted by Crippen LogP contribution is 2.12. The van der Waals surface area contributed by atoms with Crippen molar-refractivity contribution in [1.82, 2.24) is 20.5 Å². The summed E-state index contributed by atoms with van der Waals surface area (Å²) in [4.78, 5) is 32.7. The summed E-state index contributed by atoms with van der Waals surface area (Å²) in [6.07, 6.45) is 3.31. The summed E-state index contributed by atoms with van der Waals surface area (Å²) in [5, 5.41) is 5.48. The van der Waals surface area contributed by atoms with Crippen LogP contribution in [0.3, 0.4) is 0 Å². The average molecular weight is 357 g/mol. The molecule has 1 atom stereocenters. The van der Waals surface area contributed by atoms with Gasteiger partial charge in [0, 0.05) is 32.4 Å². The van der Waals surface area contributed by atoms with Crippen LogP contribution in [-0.4, -0.2) is 54.0 Å². The molecule has 1 saturated heterocycles. The number of carbonyl (C=O) groups excluding carboxylic acids is 2. The molecule has 3 heterocycles. The normalized spacial score (nSPS) is 15.4. The molecule has 2 N–H and O–H groups in total. The second-order valence-corrected chi connectivity index (χ2v) is 6.13. The molecule has 2 aromatic rings. The first kappa shape index (κ1) is 17.8. The number of anilines is 1. The summed E-state index contributed by atoms with van der Waals surface area (Å²) in [5.41, 5.74) is 0. The maximum atomic E-state index is 12.4. The van der Waals surface area contributed by atoms with Crippen LogP contribution < -0.4 is 15.5 Å². The third-order valence-corrected chi connectivity index (χ3v) is 4.29. The van der Waals surface area contributed by atoms with Crippen molar-refractivity contribution in [3.63, 3.8) is 0 Å². The number of hydrogen-bond acceptors (Lipinski definition) is 5. The molecule has 3 amide bonds. The summed E-state index contributed by atoms with van der Waals surface area (Å²) in [5.74, 6) is 1.34. The van der Waals surface area contributed by atoms with Gasteiger partial charge >= 0.3 is 6.03 Å². The molecule has 138 valence electrons. The van der Waals surface area contributed by atoms with Crippen molar-refractivity contribution >= 4 is 17.8 Å². The number of nitrogens with zero attached hydrogens (tertiary/aromatic N) is 3. The minimum absolute atomic E-state index is 0.230. The lowest BCUT2D eigenvalue weighted by molar-refractivity contribution is -0.122. The van der Waals surface area contributed by atoms with Crippen molar-refractivity contribution in [1.29, 1.82) is 0 Å². The zero-order valence-corrected chi connectivity index (χ0v) is 14.7. The lowest BCUT2D eigenvalue weighted by Crippen LogP contribution is -2.55. The van der Waals surface area contributed by atoms with E-state index < -0.39 is 6.04 Å². The topological polar surface area (TPSA) is 90.7 Å². The fourth-order valence-corrected chi connectivity index (χ4v) is 2.76. The average Bonchev–Trinajstić information content (AvgIpc) is 3.20. The highest BCUT2D eigenvalue weighted by atomic mass is 16.3. The SMILES string of the molecule is C[C@@H](NC(=O)N1CCN(c2ccccn2)CC1)C(=O)NCc1ccco1. The van der Waals surface area contributed by atoms with Crippen LogP contribution in [0.15, 0.2) is 47.2 Å². The summed E-state index contributed by atoms with van der Waals surface area (Å²) in [6, 6.07) is 8.48. The minimum Gasteiger partial charge on any atom is -0.467 e. The van der Waals surface area contributed by atoms with E-state index in [4.69, 9.17) is 4.42 Å². The molecule has 0 bridgehead atoms. The van der Waals surface area contributed by atoms with E-state index in [0.717, 1.165) is 5.82 Å². The molecule has 0 saturated carbocycles. The van der Waals surface area contributed by atoms with E-state index in [1.807, 2.05) is 18.2 Å². The number of furan rings is 1. The van der Waals surface area contributed by atoms with E-state index in [2.05, 4.69) is 20.5 Å². The van der Waals surface area contributed by atoms with Gasteiger partial charge in [-0.2, -0.15) is 0 Å². The van der Waals surface area contributed by atoms with E-state index >= 15 is 0 Å². The maximum absolute atomic E-state index is 12.4. The zero-order valence-electron chi connectivity index (χ0n) is 14.7. The third-order valence-electron chi connectivity index (χ3n) is 4.29. The predicted octanol–water partition coefficient (Wildman–Crippen LogP) is 1.21. The monoisotopic (exact) mass is 357 g/mol. The van der Waals surface area contributed by atoms with Crippen LogP contribution in [-0.2, 0) is 11.3 Å². The first-order valence-electron chi connectivity index (χ1n) is 8.65. The number of hydrogen-bond donors (Lipinski definition) is 2. The Morgan fingerprint density at radius 2 is 2.00 bits per heavy atom. The molecule has 3 rings (SSSR count). The molecule has 0 aromatic carbocycles. The second kappa shape index (κ2) is 8.37. The van der Waals surface area contributed by atoms with Crippen LogP contribution in [0.4, 0.5) is 10.6 Å². The molecule has 0 aliphatic carbocycles. The van der Waals surface area contributed by atoms with Crippen LogP contribution in [0.2, 0.25) is 0 Å². The summed E-state index contributed by atoms with van der Waals surface area (Å²) in [6.45, 7) is 4.56. The molecular weight excluding hydrogens is 334 g/mol. The quantitative estimate of drug-likeness (QED) is 0.839. The van der Waals surface area contributed by atoms with Crippen LogP contribution >= 0.6 is 0 Å². The first-order valence-corrected chi connectivity index (χ1v) is 8.65. The van der Waals surface area contributed by atoms with Gasteiger partial charge in [0.2, 0.25) is 5.91 Å². The number of pyridine rings is 1. The Hall–Kier alpha value is -3.03.